The number of rotatable bonds is 1. The van der Waals surface area contributed by atoms with E-state index in [1.165, 1.54) is 25.7 Å². The molecule has 0 aromatic rings. The number of piperidine rings is 2. The normalized spacial score (nSPS) is 32.2. The first kappa shape index (κ1) is 13.7. The molecule has 0 aliphatic carbocycles. The van der Waals surface area contributed by atoms with Gasteiger partial charge in [-0.15, -0.1) is 0 Å². The van der Waals surface area contributed by atoms with Gasteiger partial charge in [-0.1, -0.05) is 13.3 Å². The summed E-state index contributed by atoms with van der Waals surface area (Å²) in [6.07, 6.45) is 7.09. The largest absolute Gasteiger partial charge is 0.444 e. The molecule has 2 bridgehead atoms. The van der Waals surface area contributed by atoms with Crippen molar-refractivity contribution in [3.05, 3.63) is 0 Å². The van der Waals surface area contributed by atoms with Crippen molar-refractivity contribution in [2.45, 2.75) is 83.9 Å². The lowest BCUT2D eigenvalue weighted by molar-refractivity contribution is -0.0283. The molecule has 0 saturated carbocycles. The topological polar surface area (TPSA) is 29.5 Å². The minimum Gasteiger partial charge on any atom is -0.444 e. The van der Waals surface area contributed by atoms with Crippen LogP contribution in [-0.4, -0.2) is 28.7 Å². The predicted octanol–water partition coefficient (Wildman–Crippen LogP) is 3.96. The Labute approximate surface area is 111 Å². The number of amides is 1. The molecule has 104 valence electrons. The number of carbonyl (C=O) groups is 1. The molecule has 0 radical (unpaired) electrons. The zero-order valence-electron chi connectivity index (χ0n) is 12.2. The van der Waals surface area contributed by atoms with E-state index in [0.717, 1.165) is 18.8 Å². The van der Waals surface area contributed by atoms with Crippen molar-refractivity contribution in [3.63, 3.8) is 0 Å². The number of hydrogen-bond acceptors (Lipinski definition) is 2. The Kier molecular flexibility index (Phi) is 3.88. The molecule has 2 rings (SSSR count). The highest BCUT2D eigenvalue weighted by atomic mass is 16.6. The highest BCUT2D eigenvalue weighted by Gasteiger charge is 2.41. The molecule has 1 amide bonds. The highest BCUT2D eigenvalue weighted by Crippen LogP contribution is 2.38. The number of nitrogens with zero attached hydrogens (tertiary/aromatic N) is 1. The van der Waals surface area contributed by atoms with E-state index >= 15 is 0 Å². The van der Waals surface area contributed by atoms with E-state index in [9.17, 15) is 4.79 Å². The number of ether oxygens (including phenoxy) is 1. The van der Waals surface area contributed by atoms with Crippen molar-refractivity contribution in [1.29, 1.82) is 0 Å². The Bertz CT molecular complexity index is 294. The average Bonchev–Trinajstić information content (AvgIpc) is 2.24. The molecular weight excluding hydrogens is 226 g/mol. The summed E-state index contributed by atoms with van der Waals surface area (Å²) in [4.78, 5) is 14.4. The van der Waals surface area contributed by atoms with Crippen LogP contribution in [0.4, 0.5) is 4.79 Å². The smallest absolute Gasteiger partial charge is 0.410 e. The fraction of sp³-hybridized carbons (Fsp3) is 0.933. The van der Waals surface area contributed by atoms with Crippen molar-refractivity contribution in [1.82, 2.24) is 4.90 Å². The summed E-state index contributed by atoms with van der Waals surface area (Å²) in [5.41, 5.74) is -0.382. The van der Waals surface area contributed by atoms with Gasteiger partial charge in [0.2, 0.25) is 0 Å². The van der Waals surface area contributed by atoms with Crippen molar-refractivity contribution in [2.24, 2.45) is 5.92 Å². The summed E-state index contributed by atoms with van der Waals surface area (Å²) < 4.78 is 5.57. The molecule has 0 spiro atoms. The molecule has 2 aliphatic rings. The van der Waals surface area contributed by atoms with Crippen LogP contribution in [0.3, 0.4) is 0 Å². The second-order valence-electron chi connectivity index (χ2n) is 6.87. The maximum Gasteiger partial charge on any atom is 0.410 e. The summed E-state index contributed by atoms with van der Waals surface area (Å²) in [5.74, 6) is 0.805. The number of hydrogen-bond donors (Lipinski definition) is 0. The van der Waals surface area contributed by atoms with E-state index in [1.807, 2.05) is 20.8 Å². The molecule has 2 aliphatic heterocycles. The van der Waals surface area contributed by atoms with E-state index in [2.05, 4.69) is 11.8 Å². The lowest BCUT2D eigenvalue weighted by Gasteiger charge is -2.48. The third-order valence-electron chi connectivity index (χ3n) is 4.25. The van der Waals surface area contributed by atoms with Crippen molar-refractivity contribution >= 4 is 6.09 Å². The zero-order chi connectivity index (χ0) is 13.3. The second-order valence-corrected chi connectivity index (χ2v) is 6.87. The first-order chi connectivity index (χ1) is 8.40. The maximum absolute atomic E-state index is 12.3. The standard InChI is InChI=1S/C15H27NO2/c1-5-11-9-12-7-6-8-13(10-11)16(12)14(17)18-15(2,3)4/h11-13H,5-10H2,1-4H3. The van der Waals surface area contributed by atoms with E-state index in [4.69, 9.17) is 4.74 Å². The van der Waals surface area contributed by atoms with Crippen LogP contribution in [0, 0.1) is 5.92 Å². The first-order valence-electron chi connectivity index (χ1n) is 7.42. The SMILES string of the molecule is CCC1CC2CCCC(C1)N2C(=O)OC(C)(C)C. The number of carbonyl (C=O) groups excluding carboxylic acids is 1. The lowest BCUT2D eigenvalue weighted by Crippen LogP contribution is -2.55. The Balaban J connectivity index is 2.06. The van der Waals surface area contributed by atoms with E-state index in [-0.39, 0.29) is 11.7 Å². The minimum absolute atomic E-state index is 0.0910. The van der Waals surface area contributed by atoms with Gasteiger partial charge in [0.25, 0.3) is 0 Å². The molecule has 0 aromatic heterocycles. The van der Waals surface area contributed by atoms with Crippen LogP contribution >= 0.6 is 0 Å². The van der Waals surface area contributed by atoms with Crippen LogP contribution in [0.1, 0.15) is 66.2 Å². The van der Waals surface area contributed by atoms with Gasteiger partial charge in [0.05, 0.1) is 0 Å². The summed E-state index contributed by atoms with van der Waals surface area (Å²) in [7, 11) is 0. The lowest BCUT2D eigenvalue weighted by atomic mass is 9.77. The molecule has 2 heterocycles. The van der Waals surface area contributed by atoms with Gasteiger partial charge in [0.1, 0.15) is 5.60 Å². The Hall–Kier alpha value is -0.730. The molecule has 2 saturated heterocycles. The molecule has 0 N–H and O–H groups in total. The summed E-state index contributed by atoms with van der Waals surface area (Å²) in [6.45, 7) is 8.10. The van der Waals surface area contributed by atoms with Gasteiger partial charge < -0.3 is 9.64 Å². The fourth-order valence-electron chi connectivity index (χ4n) is 3.44. The summed E-state index contributed by atoms with van der Waals surface area (Å²) >= 11 is 0. The molecular formula is C15H27NO2. The van der Waals surface area contributed by atoms with Crippen LogP contribution < -0.4 is 0 Å². The molecule has 2 unspecified atom stereocenters. The van der Waals surface area contributed by atoms with Crippen molar-refractivity contribution < 1.29 is 9.53 Å². The van der Waals surface area contributed by atoms with Gasteiger partial charge in [-0.25, -0.2) is 4.79 Å². The van der Waals surface area contributed by atoms with Crippen LogP contribution in [-0.2, 0) is 4.74 Å². The Morgan fingerprint density at radius 3 is 2.22 bits per heavy atom. The predicted molar refractivity (Wildman–Crippen MR) is 72.5 cm³/mol. The average molecular weight is 253 g/mol. The van der Waals surface area contributed by atoms with Gasteiger partial charge in [-0.2, -0.15) is 0 Å². The van der Waals surface area contributed by atoms with Crippen molar-refractivity contribution in [2.75, 3.05) is 0 Å². The fourth-order valence-corrected chi connectivity index (χ4v) is 3.44. The molecule has 2 fully saturated rings. The summed E-state index contributed by atoms with van der Waals surface area (Å²) in [5, 5.41) is 0. The Morgan fingerprint density at radius 1 is 1.22 bits per heavy atom. The van der Waals surface area contributed by atoms with E-state index in [0.29, 0.717) is 12.1 Å². The number of fused-ring (bicyclic) bond motifs is 2. The van der Waals surface area contributed by atoms with Gasteiger partial charge in [0.15, 0.2) is 0 Å². The van der Waals surface area contributed by atoms with Gasteiger partial charge >= 0.3 is 6.09 Å². The monoisotopic (exact) mass is 253 g/mol. The first-order valence-corrected chi connectivity index (χ1v) is 7.42. The molecule has 18 heavy (non-hydrogen) atoms. The van der Waals surface area contributed by atoms with E-state index in [1.54, 1.807) is 0 Å². The minimum atomic E-state index is -0.382. The maximum atomic E-state index is 12.3. The quantitative estimate of drug-likeness (QED) is 0.707. The highest BCUT2D eigenvalue weighted by molar-refractivity contribution is 5.69. The van der Waals surface area contributed by atoms with Crippen LogP contribution in [0.15, 0.2) is 0 Å². The van der Waals surface area contributed by atoms with Gasteiger partial charge in [0, 0.05) is 12.1 Å². The van der Waals surface area contributed by atoms with Crippen LogP contribution in [0.25, 0.3) is 0 Å². The Morgan fingerprint density at radius 2 is 1.78 bits per heavy atom. The van der Waals surface area contributed by atoms with Crippen LogP contribution in [0.5, 0.6) is 0 Å². The van der Waals surface area contributed by atoms with E-state index < -0.39 is 0 Å². The van der Waals surface area contributed by atoms with Gasteiger partial charge in [-0.05, 0) is 58.8 Å². The van der Waals surface area contributed by atoms with Crippen molar-refractivity contribution in [3.8, 4) is 0 Å². The molecule has 3 nitrogen and oxygen atoms in total. The third-order valence-corrected chi connectivity index (χ3v) is 4.25. The van der Waals surface area contributed by atoms with Crippen LogP contribution in [0.2, 0.25) is 0 Å². The molecule has 2 atom stereocenters. The molecule has 0 aromatic carbocycles. The second kappa shape index (κ2) is 5.10. The third kappa shape index (κ3) is 2.99. The molecule has 3 heteroatoms. The summed E-state index contributed by atoms with van der Waals surface area (Å²) in [6, 6.07) is 0.856. The van der Waals surface area contributed by atoms with Gasteiger partial charge in [-0.3, -0.25) is 0 Å². The zero-order valence-corrected chi connectivity index (χ0v) is 12.2.